The Bertz CT molecular complexity index is 438. The van der Waals surface area contributed by atoms with Crippen LogP contribution < -0.4 is 0 Å². The normalized spacial score (nSPS) is 11.2. The molecule has 0 saturated heterocycles. The molecule has 0 unspecified atom stereocenters. The average Bonchev–Trinajstić information content (AvgIpc) is 2.65. The molecule has 1 aromatic rings. The maximum absolute atomic E-state index is 10.1. The minimum absolute atomic E-state index is 0.505. The Morgan fingerprint density at radius 2 is 1.08 bits per heavy atom. The summed E-state index contributed by atoms with van der Waals surface area (Å²) in [4.78, 5) is 0. The SMILES string of the molecule is CCCCCCCCCCCCCCCc1ccc(CCCC)c(O)c1. The van der Waals surface area contributed by atoms with Gasteiger partial charge in [0.05, 0.1) is 0 Å². The number of benzene rings is 1. The molecular formula is C25H44O. The lowest BCUT2D eigenvalue weighted by Gasteiger charge is -2.07. The summed E-state index contributed by atoms with van der Waals surface area (Å²) < 4.78 is 0. The van der Waals surface area contributed by atoms with Crippen LogP contribution in [0.4, 0.5) is 0 Å². The number of rotatable bonds is 17. The van der Waals surface area contributed by atoms with Crippen molar-refractivity contribution < 1.29 is 5.11 Å². The van der Waals surface area contributed by atoms with Gasteiger partial charge >= 0.3 is 0 Å². The van der Waals surface area contributed by atoms with Gasteiger partial charge in [0.1, 0.15) is 5.75 Å². The van der Waals surface area contributed by atoms with Crippen molar-refractivity contribution in [3.05, 3.63) is 29.3 Å². The van der Waals surface area contributed by atoms with E-state index in [0.717, 1.165) is 24.8 Å². The van der Waals surface area contributed by atoms with Crippen LogP contribution in [0, 0.1) is 0 Å². The molecule has 1 N–H and O–H groups in total. The first-order chi connectivity index (χ1) is 12.8. The standard InChI is InChI=1S/C25H44O/c1-3-5-7-8-9-10-11-12-13-14-15-16-17-18-23-20-21-24(19-6-4-2)25(26)22-23/h20-22,26H,3-19H2,1-2H3. The van der Waals surface area contributed by atoms with Gasteiger partial charge in [-0.1, -0.05) is 109 Å². The molecule has 1 rings (SSSR count). The Balaban J connectivity index is 1.95. The lowest BCUT2D eigenvalue weighted by Crippen LogP contribution is -1.90. The summed E-state index contributed by atoms with van der Waals surface area (Å²) in [6, 6.07) is 6.33. The molecule has 0 radical (unpaired) electrons. The van der Waals surface area contributed by atoms with E-state index >= 15 is 0 Å². The Morgan fingerprint density at radius 1 is 0.577 bits per heavy atom. The molecule has 0 fully saturated rings. The van der Waals surface area contributed by atoms with E-state index in [4.69, 9.17) is 0 Å². The summed E-state index contributed by atoms with van der Waals surface area (Å²) in [6.07, 6.45) is 22.7. The van der Waals surface area contributed by atoms with E-state index in [9.17, 15) is 5.11 Å². The van der Waals surface area contributed by atoms with Gasteiger partial charge in [-0.3, -0.25) is 0 Å². The van der Waals surface area contributed by atoms with Crippen LogP contribution >= 0.6 is 0 Å². The molecule has 0 aliphatic carbocycles. The first kappa shape index (κ1) is 23.1. The second kappa shape index (κ2) is 16.2. The van der Waals surface area contributed by atoms with E-state index in [-0.39, 0.29) is 0 Å². The van der Waals surface area contributed by atoms with Crippen LogP contribution in [0.15, 0.2) is 18.2 Å². The van der Waals surface area contributed by atoms with Crippen LogP contribution in [0.2, 0.25) is 0 Å². The van der Waals surface area contributed by atoms with Crippen LogP contribution in [0.1, 0.15) is 121 Å². The first-order valence-electron chi connectivity index (χ1n) is 11.6. The Hall–Kier alpha value is -0.980. The zero-order chi connectivity index (χ0) is 18.9. The van der Waals surface area contributed by atoms with Gasteiger partial charge in [0, 0.05) is 0 Å². The summed E-state index contributed by atoms with van der Waals surface area (Å²) in [7, 11) is 0. The minimum atomic E-state index is 0.505. The van der Waals surface area contributed by atoms with Crippen LogP contribution in [0.5, 0.6) is 5.75 Å². The smallest absolute Gasteiger partial charge is 0.119 e. The van der Waals surface area contributed by atoms with Gasteiger partial charge in [-0.25, -0.2) is 0 Å². The highest BCUT2D eigenvalue weighted by Gasteiger charge is 2.02. The molecule has 0 aromatic heterocycles. The molecular weight excluding hydrogens is 316 g/mol. The van der Waals surface area contributed by atoms with Crippen molar-refractivity contribution in [1.29, 1.82) is 0 Å². The van der Waals surface area contributed by atoms with Crippen LogP contribution in [0.3, 0.4) is 0 Å². The third kappa shape index (κ3) is 11.6. The molecule has 0 heterocycles. The van der Waals surface area contributed by atoms with E-state index in [1.165, 1.54) is 95.5 Å². The van der Waals surface area contributed by atoms with Crippen LogP contribution in [0.25, 0.3) is 0 Å². The minimum Gasteiger partial charge on any atom is -0.508 e. The second-order valence-corrected chi connectivity index (χ2v) is 8.06. The van der Waals surface area contributed by atoms with Crippen molar-refractivity contribution in [2.75, 3.05) is 0 Å². The zero-order valence-corrected chi connectivity index (χ0v) is 17.7. The summed E-state index contributed by atoms with van der Waals surface area (Å²) >= 11 is 0. The van der Waals surface area contributed by atoms with Crippen molar-refractivity contribution in [2.24, 2.45) is 0 Å². The molecule has 0 amide bonds. The Morgan fingerprint density at radius 3 is 1.58 bits per heavy atom. The zero-order valence-electron chi connectivity index (χ0n) is 17.7. The molecule has 0 spiro atoms. The second-order valence-electron chi connectivity index (χ2n) is 8.06. The van der Waals surface area contributed by atoms with Gasteiger partial charge in [0.25, 0.3) is 0 Å². The van der Waals surface area contributed by atoms with Gasteiger partial charge in [-0.15, -0.1) is 0 Å². The fraction of sp³-hybridized carbons (Fsp3) is 0.760. The fourth-order valence-electron chi connectivity index (χ4n) is 3.69. The third-order valence-electron chi connectivity index (χ3n) is 5.52. The lowest BCUT2D eigenvalue weighted by atomic mass is 10.0. The quantitative estimate of drug-likeness (QED) is 0.277. The topological polar surface area (TPSA) is 20.2 Å². The van der Waals surface area contributed by atoms with Crippen LogP contribution in [-0.4, -0.2) is 5.11 Å². The molecule has 0 saturated carbocycles. The van der Waals surface area contributed by atoms with Gasteiger partial charge in [-0.05, 0) is 42.9 Å². The number of phenols is 1. The van der Waals surface area contributed by atoms with Gasteiger partial charge in [-0.2, -0.15) is 0 Å². The van der Waals surface area contributed by atoms with Crippen molar-refractivity contribution in [1.82, 2.24) is 0 Å². The van der Waals surface area contributed by atoms with Gasteiger partial charge < -0.3 is 5.11 Å². The van der Waals surface area contributed by atoms with E-state index in [1.54, 1.807) is 0 Å². The third-order valence-corrected chi connectivity index (χ3v) is 5.52. The predicted molar refractivity (Wildman–Crippen MR) is 116 cm³/mol. The van der Waals surface area contributed by atoms with Gasteiger partial charge in [0.15, 0.2) is 0 Å². The molecule has 26 heavy (non-hydrogen) atoms. The Kier molecular flexibility index (Phi) is 14.4. The summed E-state index contributed by atoms with van der Waals surface area (Å²) in [6.45, 7) is 4.48. The van der Waals surface area contributed by atoms with Crippen molar-refractivity contribution in [2.45, 2.75) is 123 Å². The summed E-state index contributed by atoms with van der Waals surface area (Å²) in [5, 5.41) is 10.1. The highest BCUT2D eigenvalue weighted by atomic mass is 16.3. The fourth-order valence-corrected chi connectivity index (χ4v) is 3.69. The number of hydrogen-bond acceptors (Lipinski definition) is 1. The number of unbranched alkanes of at least 4 members (excludes halogenated alkanes) is 13. The van der Waals surface area contributed by atoms with E-state index in [0.29, 0.717) is 5.75 Å². The molecule has 0 atom stereocenters. The summed E-state index contributed by atoms with van der Waals surface area (Å²) in [5.41, 5.74) is 2.41. The predicted octanol–water partition coefficient (Wildman–Crippen LogP) is 8.37. The van der Waals surface area contributed by atoms with Crippen molar-refractivity contribution >= 4 is 0 Å². The summed E-state index contributed by atoms with van der Waals surface area (Å²) in [5.74, 6) is 0.505. The Labute approximate surface area is 163 Å². The maximum Gasteiger partial charge on any atom is 0.119 e. The first-order valence-corrected chi connectivity index (χ1v) is 11.6. The van der Waals surface area contributed by atoms with E-state index < -0.39 is 0 Å². The number of aromatic hydroxyl groups is 1. The van der Waals surface area contributed by atoms with Gasteiger partial charge in [0.2, 0.25) is 0 Å². The highest BCUT2D eigenvalue weighted by molar-refractivity contribution is 5.36. The number of phenolic OH excluding ortho intramolecular Hbond substituents is 1. The van der Waals surface area contributed by atoms with Crippen molar-refractivity contribution in [3.8, 4) is 5.75 Å². The molecule has 0 aliphatic heterocycles. The maximum atomic E-state index is 10.1. The molecule has 1 aromatic carbocycles. The largest absolute Gasteiger partial charge is 0.508 e. The van der Waals surface area contributed by atoms with Crippen molar-refractivity contribution in [3.63, 3.8) is 0 Å². The molecule has 0 aliphatic rings. The molecule has 1 nitrogen and oxygen atoms in total. The van der Waals surface area contributed by atoms with Crippen LogP contribution in [-0.2, 0) is 12.8 Å². The molecule has 150 valence electrons. The highest BCUT2D eigenvalue weighted by Crippen LogP contribution is 2.22. The monoisotopic (exact) mass is 360 g/mol. The average molecular weight is 361 g/mol. The lowest BCUT2D eigenvalue weighted by molar-refractivity contribution is 0.466. The van der Waals surface area contributed by atoms with E-state index in [1.807, 2.05) is 6.07 Å². The molecule has 1 heteroatoms. The number of hydrogen-bond donors (Lipinski definition) is 1. The molecule has 0 bridgehead atoms. The number of aryl methyl sites for hydroxylation is 2. The van der Waals surface area contributed by atoms with E-state index in [2.05, 4.69) is 26.0 Å².